The smallest absolute Gasteiger partial charge is 0.337 e. The van der Waals surface area contributed by atoms with Crippen molar-refractivity contribution in [3.05, 3.63) is 45.0 Å². The predicted molar refractivity (Wildman–Crippen MR) is 103 cm³/mol. The number of carbonyl (C=O) groups is 1. The lowest BCUT2D eigenvalue weighted by Crippen LogP contribution is -2.25. The van der Waals surface area contributed by atoms with E-state index in [0.717, 1.165) is 15.4 Å². The van der Waals surface area contributed by atoms with Gasteiger partial charge in [-0.3, -0.25) is 4.68 Å². The third-order valence-electron chi connectivity index (χ3n) is 4.74. The van der Waals surface area contributed by atoms with Gasteiger partial charge in [-0.2, -0.15) is 5.10 Å². The summed E-state index contributed by atoms with van der Waals surface area (Å²) in [6.07, 6.45) is 2.57. The highest BCUT2D eigenvalue weighted by molar-refractivity contribution is 9.10. The van der Waals surface area contributed by atoms with Crippen molar-refractivity contribution in [1.29, 1.82) is 0 Å². The minimum Gasteiger partial charge on any atom is -0.464 e. The lowest BCUT2D eigenvalue weighted by Gasteiger charge is -2.15. The van der Waals surface area contributed by atoms with Gasteiger partial charge in [0.25, 0.3) is 0 Å². The molecule has 3 heterocycles. The summed E-state index contributed by atoms with van der Waals surface area (Å²) < 4.78 is 23.1. The number of hydrogen-bond acceptors (Lipinski definition) is 4. The van der Waals surface area contributed by atoms with Crippen LogP contribution in [0, 0.1) is 6.92 Å². The highest BCUT2D eigenvalue weighted by atomic mass is 79.9. The number of ether oxygens (including phenoxy) is 1. The van der Waals surface area contributed by atoms with Gasteiger partial charge in [-0.25, -0.2) is 14.2 Å². The molecular weight excluding hydrogens is 439 g/mol. The van der Waals surface area contributed by atoms with E-state index in [0.29, 0.717) is 21.9 Å². The van der Waals surface area contributed by atoms with Gasteiger partial charge in [0.1, 0.15) is 11.7 Å². The van der Waals surface area contributed by atoms with Crippen molar-refractivity contribution in [1.82, 2.24) is 19.3 Å². The fourth-order valence-electron chi connectivity index (χ4n) is 3.50. The maximum Gasteiger partial charge on any atom is 0.337 e. The second-order valence-electron chi connectivity index (χ2n) is 6.55. The standard InChI is InChI=1S/C18H17BrClFN4O2/c1-3-27-18(26)17(16-13-5-10(21)6-24(13)8-22-16)25-7-11-9(2)4-12(19)14(20)15(11)23-25/h4,7-8,10,17H,3,5-6H2,1-2H3. The number of aryl methyl sites for hydroxylation is 1. The lowest BCUT2D eigenvalue weighted by molar-refractivity contribution is -0.146. The summed E-state index contributed by atoms with van der Waals surface area (Å²) >= 11 is 9.81. The van der Waals surface area contributed by atoms with Gasteiger partial charge in [-0.1, -0.05) is 11.6 Å². The third-order valence-corrected chi connectivity index (χ3v) is 5.98. The van der Waals surface area contributed by atoms with Crippen molar-refractivity contribution in [2.24, 2.45) is 0 Å². The molecule has 142 valence electrons. The van der Waals surface area contributed by atoms with Gasteiger partial charge in [0.2, 0.25) is 0 Å². The van der Waals surface area contributed by atoms with Crippen LogP contribution in [0.1, 0.15) is 29.9 Å². The van der Waals surface area contributed by atoms with Crippen molar-refractivity contribution in [2.45, 2.75) is 39.0 Å². The number of nitrogens with zero attached hydrogens (tertiary/aromatic N) is 4. The highest BCUT2D eigenvalue weighted by Gasteiger charge is 2.35. The van der Waals surface area contributed by atoms with E-state index >= 15 is 0 Å². The molecule has 6 nitrogen and oxygen atoms in total. The molecule has 2 atom stereocenters. The second kappa shape index (κ2) is 6.91. The predicted octanol–water partition coefficient (Wildman–Crippen LogP) is 4.00. The molecule has 0 amide bonds. The van der Waals surface area contributed by atoms with Crippen LogP contribution in [0.15, 0.2) is 23.1 Å². The summed E-state index contributed by atoms with van der Waals surface area (Å²) in [4.78, 5) is 17.1. The van der Waals surface area contributed by atoms with Crippen LogP contribution in [0.2, 0.25) is 5.02 Å². The van der Waals surface area contributed by atoms with Gasteiger partial charge in [0.05, 0.1) is 30.2 Å². The van der Waals surface area contributed by atoms with E-state index in [2.05, 4.69) is 26.0 Å². The molecule has 2 unspecified atom stereocenters. The number of hydrogen-bond donors (Lipinski definition) is 0. The number of imidazole rings is 1. The fourth-order valence-corrected chi connectivity index (χ4v) is 4.23. The zero-order valence-corrected chi connectivity index (χ0v) is 17.1. The Morgan fingerprint density at radius 3 is 3.07 bits per heavy atom. The van der Waals surface area contributed by atoms with E-state index in [1.54, 1.807) is 24.0 Å². The number of benzene rings is 1. The minimum absolute atomic E-state index is 0.220. The number of carbonyl (C=O) groups excluding carboxylic acids is 1. The molecule has 0 saturated carbocycles. The molecule has 0 aliphatic carbocycles. The van der Waals surface area contributed by atoms with Crippen LogP contribution in [0.5, 0.6) is 0 Å². The summed E-state index contributed by atoms with van der Waals surface area (Å²) in [7, 11) is 0. The number of esters is 1. The molecule has 27 heavy (non-hydrogen) atoms. The van der Waals surface area contributed by atoms with Crippen molar-refractivity contribution in [3.63, 3.8) is 0 Å². The van der Waals surface area contributed by atoms with Gasteiger partial charge >= 0.3 is 5.97 Å². The van der Waals surface area contributed by atoms with E-state index < -0.39 is 18.2 Å². The van der Waals surface area contributed by atoms with Crippen LogP contribution in [0.25, 0.3) is 10.9 Å². The molecule has 3 aromatic rings. The largest absolute Gasteiger partial charge is 0.464 e. The molecule has 1 aromatic carbocycles. The monoisotopic (exact) mass is 454 g/mol. The molecule has 9 heteroatoms. The summed E-state index contributed by atoms with van der Waals surface area (Å²) in [5, 5.41) is 5.85. The van der Waals surface area contributed by atoms with Crippen LogP contribution in [0.3, 0.4) is 0 Å². The number of fused-ring (bicyclic) bond motifs is 2. The molecule has 1 aliphatic heterocycles. The van der Waals surface area contributed by atoms with E-state index in [1.165, 1.54) is 4.68 Å². The van der Waals surface area contributed by atoms with Gasteiger partial charge in [0.15, 0.2) is 6.04 Å². The Morgan fingerprint density at radius 2 is 2.33 bits per heavy atom. The molecule has 2 aromatic heterocycles. The Hall–Kier alpha value is -1.93. The first-order valence-electron chi connectivity index (χ1n) is 8.58. The molecular formula is C18H17BrClFN4O2. The van der Waals surface area contributed by atoms with E-state index in [-0.39, 0.29) is 19.6 Å². The SMILES string of the molecule is CCOC(=O)C(c1ncn2c1CC(F)C2)n1cc2c(C)cc(Br)c(Cl)c2n1. The van der Waals surface area contributed by atoms with Crippen LogP contribution in [0.4, 0.5) is 4.39 Å². The number of rotatable bonds is 4. The van der Waals surface area contributed by atoms with Crippen LogP contribution in [-0.4, -0.2) is 38.1 Å². The van der Waals surface area contributed by atoms with Crippen LogP contribution >= 0.6 is 27.5 Å². The van der Waals surface area contributed by atoms with Crippen LogP contribution in [-0.2, 0) is 22.5 Å². The molecule has 0 saturated heterocycles. The molecule has 0 fully saturated rings. The van der Waals surface area contributed by atoms with E-state index in [1.807, 2.05) is 13.0 Å². The van der Waals surface area contributed by atoms with Crippen molar-refractivity contribution in [2.75, 3.05) is 6.61 Å². The Labute approximate surface area is 168 Å². The maximum absolute atomic E-state index is 13.9. The molecule has 0 N–H and O–H groups in total. The summed E-state index contributed by atoms with van der Waals surface area (Å²) in [6, 6.07) is 1.01. The first-order chi connectivity index (χ1) is 12.9. The van der Waals surface area contributed by atoms with Crippen molar-refractivity contribution < 1.29 is 13.9 Å². The number of alkyl halides is 1. The van der Waals surface area contributed by atoms with Gasteiger partial charge in [0, 0.05) is 28.2 Å². The van der Waals surface area contributed by atoms with E-state index in [9.17, 15) is 9.18 Å². The number of aromatic nitrogens is 4. The lowest BCUT2D eigenvalue weighted by atomic mass is 10.1. The first kappa shape index (κ1) is 18.4. The van der Waals surface area contributed by atoms with E-state index in [4.69, 9.17) is 16.3 Å². The quantitative estimate of drug-likeness (QED) is 0.558. The Balaban J connectivity index is 1.88. The average Bonchev–Trinajstić information content (AvgIpc) is 3.29. The zero-order chi connectivity index (χ0) is 19.3. The van der Waals surface area contributed by atoms with Crippen molar-refractivity contribution in [3.8, 4) is 0 Å². The molecule has 1 aliphatic rings. The fraction of sp³-hybridized carbons (Fsp3) is 0.389. The summed E-state index contributed by atoms with van der Waals surface area (Å²) in [6.45, 7) is 4.15. The third kappa shape index (κ3) is 3.04. The second-order valence-corrected chi connectivity index (χ2v) is 7.78. The Bertz CT molecular complexity index is 1050. The topological polar surface area (TPSA) is 61.9 Å². The molecule has 0 bridgehead atoms. The Morgan fingerprint density at radius 1 is 1.56 bits per heavy atom. The highest BCUT2D eigenvalue weighted by Crippen LogP contribution is 2.35. The van der Waals surface area contributed by atoms with Gasteiger partial charge in [-0.05, 0) is 41.4 Å². The zero-order valence-electron chi connectivity index (χ0n) is 14.7. The minimum atomic E-state index is -0.978. The molecule has 0 radical (unpaired) electrons. The maximum atomic E-state index is 13.9. The van der Waals surface area contributed by atoms with Crippen molar-refractivity contribution >= 4 is 44.4 Å². The van der Waals surface area contributed by atoms with Crippen LogP contribution < -0.4 is 0 Å². The molecule has 0 spiro atoms. The average molecular weight is 456 g/mol. The summed E-state index contributed by atoms with van der Waals surface area (Å²) in [5.74, 6) is -0.484. The Kier molecular flexibility index (Phi) is 4.71. The summed E-state index contributed by atoms with van der Waals surface area (Å²) in [5.41, 5.74) is 2.71. The normalized spacial score (nSPS) is 17.3. The number of halogens is 3. The van der Waals surface area contributed by atoms with Gasteiger partial charge in [-0.15, -0.1) is 0 Å². The first-order valence-corrected chi connectivity index (χ1v) is 9.75. The molecule has 4 rings (SSSR count). The van der Waals surface area contributed by atoms with Gasteiger partial charge < -0.3 is 9.30 Å².